The van der Waals surface area contributed by atoms with E-state index in [4.69, 9.17) is 15.2 Å². The molecule has 3 unspecified atom stereocenters. The number of nitrogens with zero attached hydrogens (tertiary/aromatic N) is 1. The Labute approximate surface area is 181 Å². The molecule has 1 aromatic heterocycles. The maximum Gasteiger partial charge on any atom is 0.184 e. The highest BCUT2D eigenvalue weighted by atomic mass is 32.2. The van der Waals surface area contributed by atoms with Crippen molar-refractivity contribution in [1.29, 1.82) is 0 Å². The smallest absolute Gasteiger partial charge is 0.184 e. The van der Waals surface area contributed by atoms with Gasteiger partial charge in [0.1, 0.15) is 0 Å². The Balaban J connectivity index is 1.52. The molecule has 1 saturated heterocycles. The molecule has 1 aliphatic heterocycles. The molecule has 0 amide bonds. The molecular weight excluding hydrogens is 396 g/mol. The van der Waals surface area contributed by atoms with E-state index in [1.165, 1.54) is 0 Å². The van der Waals surface area contributed by atoms with Gasteiger partial charge in [-0.2, -0.15) is 0 Å². The molecule has 4 rings (SSSR count). The molecule has 3 N–H and O–H groups in total. The van der Waals surface area contributed by atoms with Gasteiger partial charge in [-0.3, -0.25) is 0 Å². The summed E-state index contributed by atoms with van der Waals surface area (Å²) >= 11 is 1.69. The fourth-order valence-electron chi connectivity index (χ4n) is 3.44. The van der Waals surface area contributed by atoms with Gasteiger partial charge < -0.3 is 20.3 Å². The number of pyridine rings is 1. The van der Waals surface area contributed by atoms with Crippen LogP contribution in [0.15, 0.2) is 78.0 Å². The zero-order valence-electron chi connectivity index (χ0n) is 16.7. The van der Waals surface area contributed by atoms with Crippen LogP contribution < -0.4 is 5.73 Å². The normalized spacial score (nSPS) is 21.5. The average molecular weight is 423 g/mol. The Bertz CT molecular complexity index is 864. The zero-order chi connectivity index (χ0) is 20.8. The number of ether oxygens (including phenoxy) is 2. The number of thioether (sulfide) groups is 1. The van der Waals surface area contributed by atoms with E-state index >= 15 is 0 Å². The van der Waals surface area contributed by atoms with Gasteiger partial charge in [-0.25, -0.2) is 4.98 Å². The maximum absolute atomic E-state index is 9.32. The highest BCUT2D eigenvalue weighted by Gasteiger charge is 2.32. The first-order valence-corrected chi connectivity index (χ1v) is 11.1. The largest absolute Gasteiger partial charge is 0.392 e. The molecule has 0 radical (unpaired) electrons. The topological polar surface area (TPSA) is 77.6 Å². The van der Waals surface area contributed by atoms with Gasteiger partial charge in [-0.1, -0.05) is 54.6 Å². The van der Waals surface area contributed by atoms with Gasteiger partial charge >= 0.3 is 0 Å². The molecule has 0 bridgehead atoms. The fourth-order valence-corrected chi connectivity index (χ4v) is 4.33. The van der Waals surface area contributed by atoms with E-state index in [1.807, 2.05) is 66.7 Å². The van der Waals surface area contributed by atoms with Gasteiger partial charge in [0.15, 0.2) is 6.29 Å². The molecule has 0 aliphatic carbocycles. The van der Waals surface area contributed by atoms with Gasteiger partial charge in [0.25, 0.3) is 0 Å². The first kappa shape index (κ1) is 21.0. The van der Waals surface area contributed by atoms with Gasteiger partial charge in [0.2, 0.25) is 0 Å². The summed E-state index contributed by atoms with van der Waals surface area (Å²) in [5, 5.41) is 10.3. The number of aromatic nitrogens is 1. The molecule has 2 aromatic carbocycles. The molecule has 6 heteroatoms. The van der Waals surface area contributed by atoms with Gasteiger partial charge in [0, 0.05) is 30.5 Å². The summed E-state index contributed by atoms with van der Waals surface area (Å²) in [5.74, 6) is 0.795. The molecular formula is C24H26N2O3S. The average Bonchev–Trinajstić information content (AvgIpc) is 2.83. The van der Waals surface area contributed by atoms with Crippen molar-refractivity contribution < 1.29 is 14.6 Å². The van der Waals surface area contributed by atoms with Crippen LogP contribution in [-0.4, -0.2) is 21.9 Å². The Hall–Kier alpha value is -2.22. The van der Waals surface area contributed by atoms with Gasteiger partial charge in [0.05, 0.1) is 23.8 Å². The van der Waals surface area contributed by atoms with E-state index < -0.39 is 6.29 Å². The Morgan fingerprint density at radius 3 is 2.33 bits per heavy atom. The van der Waals surface area contributed by atoms with E-state index in [1.54, 1.807) is 18.0 Å². The van der Waals surface area contributed by atoms with Crippen molar-refractivity contribution in [1.82, 2.24) is 4.98 Å². The third kappa shape index (κ3) is 5.28. The molecule has 2 heterocycles. The Morgan fingerprint density at radius 2 is 1.67 bits per heavy atom. The standard InChI is InChI=1S/C24H26N2O3S/c25-14-17-4-10-20(11-5-17)24-28-21(16-30-23-3-1-2-12-26-23)13-22(29-24)19-8-6-18(15-27)7-9-19/h1-12,21-22,24,27H,13-16,25H2. The minimum Gasteiger partial charge on any atom is -0.392 e. The summed E-state index contributed by atoms with van der Waals surface area (Å²) in [5.41, 5.74) is 9.77. The highest BCUT2D eigenvalue weighted by molar-refractivity contribution is 7.99. The Kier molecular flexibility index (Phi) is 7.15. The minimum absolute atomic E-state index is 0.0208. The third-order valence-electron chi connectivity index (χ3n) is 5.16. The van der Waals surface area contributed by atoms with E-state index in [0.29, 0.717) is 6.54 Å². The molecule has 3 aromatic rings. The summed E-state index contributed by atoms with van der Waals surface area (Å²) in [6.07, 6.45) is 2.06. The van der Waals surface area contributed by atoms with Crippen molar-refractivity contribution in [2.45, 2.75) is 43.1 Å². The van der Waals surface area contributed by atoms with Crippen molar-refractivity contribution >= 4 is 11.8 Å². The SMILES string of the molecule is NCc1ccc(C2OC(CSc3ccccn3)CC(c3ccc(CO)cc3)O2)cc1. The predicted molar refractivity (Wildman–Crippen MR) is 118 cm³/mol. The second-order valence-corrected chi connectivity index (χ2v) is 8.32. The van der Waals surface area contributed by atoms with Crippen LogP contribution in [0.2, 0.25) is 0 Å². The number of hydrogen-bond acceptors (Lipinski definition) is 6. The van der Waals surface area contributed by atoms with E-state index in [2.05, 4.69) is 4.98 Å². The van der Waals surface area contributed by atoms with Crippen LogP contribution in [0, 0.1) is 0 Å². The summed E-state index contributed by atoms with van der Waals surface area (Å²) < 4.78 is 12.7. The zero-order valence-corrected chi connectivity index (χ0v) is 17.5. The summed E-state index contributed by atoms with van der Waals surface area (Å²) in [6, 6.07) is 21.9. The van der Waals surface area contributed by atoms with Crippen LogP contribution in [0.4, 0.5) is 0 Å². The van der Waals surface area contributed by atoms with Crippen LogP contribution in [0.1, 0.15) is 41.1 Å². The highest BCUT2D eigenvalue weighted by Crippen LogP contribution is 2.39. The van der Waals surface area contributed by atoms with Crippen molar-refractivity contribution in [2.75, 3.05) is 5.75 Å². The van der Waals surface area contributed by atoms with Crippen molar-refractivity contribution in [3.8, 4) is 0 Å². The predicted octanol–water partition coefficient (Wildman–Crippen LogP) is 4.37. The van der Waals surface area contributed by atoms with Crippen LogP contribution >= 0.6 is 11.8 Å². The number of rotatable bonds is 7. The minimum atomic E-state index is -0.442. The first-order valence-electron chi connectivity index (χ1n) is 10.1. The number of nitrogens with two attached hydrogens (primary N) is 1. The second kappa shape index (κ2) is 10.2. The van der Waals surface area contributed by atoms with Gasteiger partial charge in [-0.05, 0) is 28.8 Å². The summed E-state index contributed by atoms with van der Waals surface area (Å²) in [6.45, 7) is 0.546. The lowest BCUT2D eigenvalue weighted by atomic mass is 10.0. The molecule has 3 atom stereocenters. The van der Waals surface area contributed by atoms with Crippen molar-refractivity contribution in [2.24, 2.45) is 5.73 Å². The number of hydrogen-bond donors (Lipinski definition) is 2. The molecule has 1 fully saturated rings. The van der Waals surface area contributed by atoms with Crippen LogP contribution in [0.25, 0.3) is 0 Å². The fraction of sp³-hybridized carbons (Fsp3) is 0.292. The molecule has 0 saturated carbocycles. The van der Waals surface area contributed by atoms with Crippen molar-refractivity contribution in [3.63, 3.8) is 0 Å². The maximum atomic E-state index is 9.32. The first-order chi connectivity index (χ1) is 14.7. The quantitative estimate of drug-likeness (QED) is 0.551. The number of benzene rings is 2. The van der Waals surface area contributed by atoms with Crippen molar-refractivity contribution in [3.05, 3.63) is 95.2 Å². The van der Waals surface area contributed by atoms with Gasteiger partial charge in [-0.15, -0.1) is 11.8 Å². The van der Waals surface area contributed by atoms with Crippen LogP contribution in [0.5, 0.6) is 0 Å². The Morgan fingerprint density at radius 1 is 0.933 bits per heavy atom. The molecule has 5 nitrogen and oxygen atoms in total. The second-order valence-electron chi connectivity index (χ2n) is 7.27. The summed E-state index contributed by atoms with van der Waals surface area (Å²) in [4.78, 5) is 4.40. The lowest BCUT2D eigenvalue weighted by Gasteiger charge is -2.36. The third-order valence-corrected chi connectivity index (χ3v) is 6.23. The van der Waals surface area contributed by atoms with Crippen LogP contribution in [0.3, 0.4) is 0 Å². The lowest BCUT2D eigenvalue weighted by molar-refractivity contribution is -0.245. The van der Waals surface area contributed by atoms with E-state index in [0.717, 1.165) is 39.5 Å². The number of aliphatic hydroxyl groups is 1. The molecule has 30 heavy (non-hydrogen) atoms. The van der Waals surface area contributed by atoms with Crippen LogP contribution in [-0.2, 0) is 22.6 Å². The summed E-state index contributed by atoms with van der Waals surface area (Å²) in [7, 11) is 0. The monoisotopic (exact) mass is 422 g/mol. The van der Waals surface area contributed by atoms with E-state index in [-0.39, 0.29) is 18.8 Å². The number of aliphatic hydroxyl groups excluding tert-OH is 1. The molecule has 0 spiro atoms. The lowest BCUT2D eigenvalue weighted by Crippen LogP contribution is -2.31. The van der Waals surface area contributed by atoms with E-state index in [9.17, 15) is 5.11 Å². The molecule has 156 valence electrons. The molecule has 1 aliphatic rings.